The molecule has 0 saturated heterocycles. The second-order valence-corrected chi connectivity index (χ2v) is 5.70. The molecule has 1 aliphatic heterocycles. The highest BCUT2D eigenvalue weighted by atomic mass is 35.5. The number of halogens is 1. The number of carbonyl (C=O) groups is 2. The molecule has 0 radical (unpaired) electrons. The highest BCUT2D eigenvalue weighted by molar-refractivity contribution is 6.30. The number of nitrogens with zero attached hydrogens (tertiary/aromatic N) is 1. The fourth-order valence-electron chi connectivity index (χ4n) is 2.61. The number of carbonyl (C=O) groups excluding carboxylic acids is 2. The van der Waals surface area contributed by atoms with E-state index in [2.05, 4.69) is 0 Å². The third kappa shape index (κ3) is 3.97. The maximum atomic E-state index is 12.4. The van der Waals surface area contributed by atoms with Gasteiger partial charge in [-0.3, -0.25) is 0 Å². The summed E-state index contributed by atoms with van der Waals surface area (Å²) in [5, 5.41) is 0.526. The van der Waals surface area contributed by atoms with E-state index in [-0.39, 0.29) is 13.2 Å². The standard InChI is InChI=1S/C18H20ClNO4/c1-4-23-17(21)14-10-20(3)11-15(18(22)24-5-2)16(14)12-7-6-8-13(19)9-12/h6-11,16H,4-5H2,1-3H3. The lowest BCUT2D eigenvalue weighted by Gasteiger charge is -2.28. The predicted octanol–water partition coefficient (Wildman–Crippen LogP) is 3.26. The monoisotopic (exact) mass is 349 g/mol. The molecular weight excluding hydrogens is 330 g/mol. The molecule has 0 fully saturated rings. The summed E-state index contributed by atoms with van der Waals surface area (Å²) in [4.78, 5) is 26.5. The van der Waals surface area contributed by atoms with Crippen molar-refractivity contribution in [2.24, 2.45) is 0 Å². The molecule has 0 bridgehead atoms. The quantitative estimate of drug-likeness (QED) is 0.764. The molecule has 0 N–H and O–H groups in total. The lowest BCUT2D eigenvalue weighted by Crippen LogP contribution is -2.28. The maximum absolute atomic E-state index is 12.4. The van der Waals surface area contributed by atoms with Gasteiger partial charge in [-0.25, -0.2) is 9.59 Å². The molecule has 2 rings (SSSR count). The van der Waals surface area contributed by atoms with Crippen LogP contribution in [0.3, 0.4) is 0 Å². The summed E-state index contributed by atoms with van der Waals surface area (Å²) in [6.07, 6.45) is 3.32. The van der Waals surface area contributed by atoms with E-state index in [9.17, 15) is 9.59 Å². The molecule has 0 aliphatic carbocycles. The van der Waals surface area contributed by atoms with Crippen LogP contribution < -0.4 is 0 Å². The van der Waals surface area contributed by atoms with Crippen LogP contribution in [0.25, 0.3) is 0 Å². The Labute approximate surface area is 146 Å². The largest absolute Gasteiger partial charge is 0.463 e. The van der Waals surface area contributed by atoms with Gasteiger partial charge >= 0.3 is 11.9 Å². The van der Waals surface area contributed by atoms with Crippen molar-refractivity contribution in [2.75, 3.05) is 20.3 Å². The van der Waals surface area contributed by atoms with Crippen LogP contribution in [-0.2, 0) is 19.1 Å². The van der Waals surface area contributed by atoms with E-state index < -0.39 is 17.9 Å². The van der Waals surface area contributed by atoms with Gasteiger partial charge < -0.3 is 14.4 Å². The van der Waals surface area contributed by atoms with Crippen LogP contribution in [0.5, 0.6) is 0 Å². The molecule has 6 heteroatoms. The van der Waals surface area contributed by atoms with Crippen LogP contribution >= 0.6 is 11.6 Å². The summed E-state index contributed by atoms with van der Waals surface area (Å²) in [7, 11) is 1.74. The van der Waals surface area contributed by atoms with Crippen molar-refractivity contribution in [3.05, 3.63) is 58.4 Å². The Bertz CT molecular complexity index is 660. The van der Waals surface area contributed by atoms with E-state index in [0.29, 0.717) is 16.2 Å². The van der Waals surface area contributed by atoms with Gasteiger partial charge in [0, 0.05) is 24.5 Å². The molecule has 0 amide bonds. The van der Waals surface area contributed by atoms with Crippen molar-refractivity contribution < 1.29 is 19.1 Å². The Morgan fingerprint density at radius 3 is 2.08 bits per heavy atom. The molecule has 1 aromatic rings. The molecular formula is C18H20ClNO4. The Balaban J connectivity index is 2.53. The number of esters is 2. The predicted molar refractivity (Wildman–Crippen MR) is 91.4 cm³/mol. The molecule has 5 nitrogen and oxygen atoms in total. The summed E-state index contributed by atoms with van der Waals surface area (Å²) >= 11 is 6.09. The van der Waals surface area contributed by atoms with Crippen molar-refractivity contribution in [3.63, 3.8) is 0 Å². The zero-order chi connectivity index (χ0) is 17.7. The molecule has 0 aromatic heterocycles. The SMILES string of the molecule is CCOC(=O)C1=CN(C)C=C(C(=O)OCC)C1c1cccc(Cl)c1. The number of ether oxygens (including phenoxy) is 2. The third-order valence-electron chi connectivity index (χ3n) is 3.51. The summed E-state index contributed by atoms with van der Waals surface area (Å²) in [6.45, 7) is 3.98. The van der Waals surface area contributed by atoms with Gasteiger partial charge in [-0.15, -0.1) is 0 Å². The van der Waals surface area contributed by atoms with Gasteiger partial charge in [0.1, 0.15) is 0 Å². The van der Waals surface area contributed by atoms with Gasteiger partial charge in [0.05, 0.1) is 30.3 Å². The average Bonchev–Trinajstić information content (AvgIpc) is 2.54. The summed E-state index contributed by atoms with van der Waals surface area (Å²) < 4.78 is 10.3. The van der Waals surface area contributed by atoms with Gasteiger partial charge in [-0.1, -0.05) is 23.7 Å². The van der Waals surface area contributed by atoms with Crippen LogP contribution in [-0.4, -0.2) is 37.1 Å². The minimum Gasteiger partial charge on any atom is -0.463 e. The molecule has 0 saturated carbocycles. The Morgan fingerprint density at radius 2 is 1.62 bits per heavy atom. The van der Waals surface area contributed by atoms with Crippen LogP contribution in [0.15, 0.2) is 47.8 Å². The van der Waals surface area contributed by atoms with Crippen molar-refractivity contribution >= 4 is 23.5 Å². The van der Waals surface area contributed by atoms with Gasteiger partial charge in [0.2, 0.25) is 0 Å². The Morgan fingerprint density at radius 1 is 1.08 bits per heavy atom. The molecule has 0 atom stereocenters. The van der Waals surface area contributed by atoms with Crippen LogP contribution in [0.2, 0.25) is 5.02 Å². The first-order valence-electron chi connectivity index (χ1n) is 7.73. The van der Waals surface area contributed by atoms with Crippen LogP contribution in [0.1, 0.15) is 25.3 Å². The minimum atomic E-state index is -0.585. The highest BCUT2D eigenvalue weighted by Gasteiger charge is 2.35. The Kier molecular flexibility index (Phi) is 6.04. The van der Waals surface area contributed by atoms with E-state index in [4.69, 9.17) is 21.1 Å². The summed E-state index contributed by atoms with van der Waals surface area (Å²) in [5.74, 6) is -1.52. The van der Waals surface area contributed by atoms with E-state index in [1.165, 1.54) is 0 Å². The average molecular weight is 350 g/mol. The second kappa shape index (κ2) is 8.02. The van der Waals surface area contributed by atoms with Crippen molar-refractivity contribution in [1.82, 2.24) is 4.90 Å². The number of benzene rings is 1. The van der Waals surface area contributed by atoms with E-state index in [0.717, 1.165) is 5.56 Å². The molecule has 1 aromatic carbocycles. The van der Waals surface area contributed by atoms with E-state index in [1.807, 2.05) is 6.07 Å². The zero-order valence-electron chi connectivity index (χ0n) is 13.9. The molecule has 1 aliphatic rings. The van der Waals surface area contributed by atoms with Gasteiger partial charge in [0.15, 0.2) is 0 Å². The highest BCUT2D eigenvalue weighted by Crippen LogP contribution is 2.37. The summed E-state index contributed by atoms with van der Waals surface area (Å²) in [5.41, 5.74) is 1.47. The van der Waals surface area contributed by atoms with Crippen LogP contribution in [0, 0.1) is 0 Å². The minimum absolute atomic E-state index is 0.251. The normalized spacial score (nSPS) is 14.8. The lowest BCUT2D eigenvalue weighted by atomic mass is 9.83. The first kappa shape index (κ1) is 18.1. The fraction of sp³-hybridized carbons (Fsp3) is 0.333. The van der Waals surface area contributed by atoms with Crippen LogP contribution in [0.4, 0.5) is 0 Å². The van der Waals surface area contributed by atoms with Crippen molar-refractivity contribution in [1.29, 1.82) is 0 Å². The third-order valence-corrected chi connectivity index (χ3v) is 3.75. The first-order valence-corrected chi connectivity index (χ1v) is 8.10. The molecule has 128 valence electrons. The van der Waals surface area contributed by atoms with E-state index >= 15 is 0 Å². The molecule has 24 heavy (non-hydrogen) atoms. The first-order chi connectivity index (χ1) is 11.5. The van der Waals surface area contributed by atoms with Crippen molar-refractivity contribution in [3.8, 4) is 0 Å². The smallest absolute Gasteiger partial charge is 0.336 e. The number of rotatable bonds is 5. The topological polar surface area (TPSA) is 55.8 Å². The van der Waals surface area contributed by atoms with Gasteiger partial charge in [-0.05, 0) is 31.5 Å². The number of hydrogen-bond acceptors (Lipinski definition) is 5. The van der Waals surface area contributed by atoms with Gasteiger partial charge in [-0.2, -0.15) is 0 Å². The van der Waals surface area contributed by atoms with Crippen molar-refractivity contribution in [2.45, 2.75) is 19.8 Å². The Hall–Kier alpha value is -2.27. The van der Waals surface area contributed by atoms with E-state index in [1.54, 1.807) is 56.4 Å². The second-order valence-electron chi connectivity index (χ2n) is 5.26. The molecule has 0 unspecified atom stereocenters. The maximum Gasteiger partial charge on any atom is 0.336 e. The lowest BCUT2D eigenvalue weighted by molar-refractivity contribution is -0.139. The fourth-order valence-corrected chi connectivity index (χ4v) is 2.81. The van der Waals surface area contributed by atoms with Gasteiger partial charge in [0.25, 0.3) is 0 Å². The number of hydrogen-bond donors (Lipinski definition) is 0. The zero-order valence-corrected chi connectivity index (χ0v) is 14.7. The molecule has 1 heterocycles. The summed E-state index contributed by atoms with van der Waals surface area (Å²) in [6, 6.07) is 7.07. The molecule has 0 spiro atoms.